The first-order valence-electron chi connectivity index (χ1n) is 11.7. The van der Waals surface area contributed by atoms with E-state index in [1.54, 1.807) is 30.3 Å². The van der Waals surface area contributed by atoms with Crippen LogP contribution in [-0.4, -0.2) is 51.3 Å². The number of nitrogens with zero attached hydrogens (tertiary/aromatic N) is 1. The standard InChI is InChI=1S/C28H26F3NO6/c1-35-24-14-18-11-12-32(26(33)19-5-4-6-20(13-19)28(29,30)31)23(22(18)15-25(24)36-2)16-38-21-9-7-17(8-10-21)27(34)37-3/h4-10,13-15,23H,11-12,16H2,1-3H3. The Hall–Kier alpha value is -4.21. The molecule has 10 heteroatoms. The molecule has 0 radical (unpaired) electrons. The first-order chi connectivity index (χ1) is 18.2. The van der Waals surface area contributed by atoms with Gasteiger partial charge in [-0.05, 0) is 72.1 Å². The lowest BCUT2D eigenvalue weighted by atomic mass is 9.91. The summed E-state index contributed by atoms with van der Waals surface area (Å²) >= 11 is 0. The number of alkyl halides is 3. The van der Waals surface area contributed by atoms with E-state index in [9.17, 15) is 22.8 Å². The molecule has 38 heavy (non-hydrogen) atoms. The Morgan fingerprint density at radius 1 is 0.921 bits per heavy atom. The van der Waals surface area contributed by atoms with E-state index in [1.165, 1.54) is 38.4 Å². The van der Waals surface area contributed by atoms with Gasteiger partial charge in [0.15, 0.2) is 11.5 Å². The molecular weight excluding hydrogens is 503 g/mol. The third-order valence-corrected chi connectivity index (χ3v) is 6.38. The fraction of sp³-hybridized carbons (Fsp3) is 0.286. The molecule has 0 spiro atoms. The Bertz CT molecular complexity index is 1320. The van der Waals surface area contributed by atoms with Crippen LogP contribution in [0.3, 0.4) is 0 Å². The molecule has 7 nitrogen and oxygen atoms in total. The van der Waals surface area contributed by atoms with E-state index in [2.05, 4.69) is 0 Å². The van der Waals surface area contributed by atoms with Crippen molar-refractivity contribution >= 4 is 11.9 Å². The number of amides is 1. The number of hydrogen-bond acceptors (Lipinski definition) is 6. The minimum absolute atomic E-state index is 0.00472. The maximum absolute atomic E-state index is 13.5. The van der Waals surface area contributed by atoms with Gasteiger partial charge in [0.25, 0.3) is 5.91 Å². The number of carbonyl (C=O) groups excluding carboxylic acids is 2. The minimum atomic E-state index is -4.58. The van der Waals surface area contributed by atoms with Crippen LogP contribution in [0.15, 0.2) is 60.7 Å². The van der Waals surface area contributed by atoms with Crippen molar-refractivity contribution in [3.63, 3.8) is 0 Å². The number of methoxy groups -OCH3 is 3. The van der Waals surface area contributed by atoms with E-state index in [1.807, 2.05) is 6.07 Å². The van der Waals surface area contributed by atoms with E-state index in [-0.39, 0.29) is 18.7 Å². The lowest BCUT2D eigenvalue weighted by molar-refractivity contribution is -0.137. The molecule has 3 aromatic carbocycles. The summed E-state index contributed by atoms with van der Waals surface area (Å²) in [6.07, 6.45) is -4.11. The monoisotopic (exact) mass is 529 g/mol. The summed E-state index contributed by atoms with van der Waals surface area (Å²) in [7, 11) is 4.30. The van der Waals surface area contributed by atoms with Gasteiger partial charge in [-0.25, -0.2) is 4.79 Å². The highest BCUT2D eigenvalue weighted by atomic mass is 19.4. The molecule has 0 saturated heterocycles. The molecule has 1 aliphatic heterocycles. The highest BCUT2D eigenvalue weighted by Crippen LogP contribution is 2.39. The number of hydrogen-bond donors (Lipinski definition) is 0. The maximum atomic E-state index is 13.5. The Kier molecular flexibility index (Phi) is 7.80. The van der Waals surface area contributed by atoms with Gasteiger partial charge < -0.3 is 23.8 Å². The summed E-state index contributed by atoms with van der Waals surface area (Å²) in [6.45, 7) is 0.262. The molecule has 0 bridgehead atoms. The van der Waals surface area contributed by atoms with Crippen LogP contribution >= 0.6 is 0 Å². The van der Waals surface area contributed by atoms with Gasteiger partial charge in [-0.1, -0.05) is 6.07 Å². The smallest absolute Gasteiger partial charge is 0.416 e. The fourth-order valence-electron chi connectivity index (χ4n) is 4.43. The molecule has 1 amide bonds. The Morgan fingerprint density at radius 3 is 2.24 bits per heavy atom. The van der Waals surface area contributed by atoms with E-state index in [4.69, 9.17) is 18.9 Å². The first kappa shape index (κ1) is 26.8. The van der Waals surface area contributed by atoms with Crippen LogP contribution in [0.2, 0.25) is 0 Å². The van der Waals surface area contributed by atoms with E-state index in [0.29, 0.717) is 29.2 Å². The number of halogens is 3. The number of carbonyl (C=O) groups is 2. The Balaban J connectivity index is 1.68. The van der Waals surface area contributed by atoms with Gasteiger partial charge in [0.05, 0.1) is 38.5 Å². The lowest BCUT2D eigenvalue weighted by Crippen LogP contribution is -2.42. The van der Waals surface area contributed by atoms with Crippen LogP contribution in [0.1, 0.15) is 43.4 Å². The summed E-state index contributed by atoms with van der Waals surface area (Å²) in [6, 6.07) is 13.6. The topological polar surface area (TPSA) is 74.3 Å². The predicted molar refractivity (Wildman–Crippen MR) is 132 cm³/mol. The number of esters is 1. The molecule has 1 heterocycles. The molecule has 0 saturated carbocycles. The zero-order valence-electron chi connectivity index (χ0n) is 21.0. The van der Waals surface area contributed by atoms with Crippen molar-refractivity contribution in [1.82, 2.24) is 4.90 Å². The van der Waals surface area contributed by atoms with Crippen molar-refractivity contribution in [3.8, 4) is 17.2 Å². The van der Waals surface area contributed by atoms with E-state index < -0.39 is 29.7 Å². The average molecular weight is 530 g/mol. The van der Waals surface area contributed by atoms with Crippen LogP contribution in [0, 0.1) is 0 Å². The van der Waals surface area contributed by atoms with Crippen LogP contribution < -0.4 is 14.2 Å². The van der Waals surface area contributed by atoms with Crippen LogP contribution in [0.4, 0.5) is 13.2 Å². The SMILES string of the molecule is COC(=O)c1ccc(OCC2c3cc(OC)c(OC)cc3CCN2C(=O)c2cccc(C(F)(F)F)c2)cc1. The predicted octanol–water partition coefficient (Wildman–Crippen LogP) is 5.33. The van der Waals surface area contributed by atoms with E-state index >= 15 is 0 Å². The summed E-state index contributed by atoms with van der Waals surface area (Å²) < 4.78 is 61.5. The van der Waals surface area contributed by atoms with Crippen molar-refractivity contribution in [2.45, 2.75) is 18.6 Å². The minimum Gasteiger partial charge on any atom is -0.493 e. The maximum Gasteiger partial charge on any atom is 0.416 e. The molecule has 1 aliphatic rings. The fourth-order valence-corrected chi connectivity index (χ4v) is 4.43. The molecule has 1 unspecified atom stereocenters. The summed E-state index contributed by atoms with van der Waals surface area (Å²) in [4.78, 5) is 26.8. The second-order valence-corrected chi connectivity index (χ2v) is 8.58. The van der Waals surface area contributed by atoms with Gasteiger partial charge in [-0.15, -0.1) is 0 Å². The number of fused-ring (bicyclic) bond motifs is 1. The van der Waals surface area contributed by atoms with Gasteiger partial charge in [0.1, 0.15) is 12.4 Å². The zero-order chi connectivity index (χ0) is 27.4. The van der Waals surface area contributed by atoms with Gasteiger partial charge in [-0.2, -0.15) is 13.2 Å². The second-order valence-electron chi connectivity index (χ2n) is 8.58. The Labute approximate surface area is 217 Å². The third-order valence-electron chi connectivity index (χ3n) is 6.38. The van der Waals surface area contributed by atoms with Crippen molar-refractivity contribution in [2.24, 2.45) is 0 Å². The zero-order valence-corrected chi connectivity index (χ0v) is 21.0. The number of ether oxygens (including phenoxy) is 4. The second kappa shape index (κ2) is 11.0. The van der Waals surface area contributed by atoms with Gasteiger partial charge in [0.2, 0.25) is 0 Å². The Morgan fingerprint density at radius 2 is 1.61 bits per heavy atom. The molecule has 0 fully saturated rings. The van der Waals surface area contributed by atoms with Crippen LogP contribution in [0.25, 0.3) is 0 Å². The first-order valence-corrected chi connectivity index (χ1v) is 11.7. The van der Waals surface area contributed by atoms with Crippen molar-refractivity contribution in [2.75, 3.05) is 34.5 Å². The van der Waals surface area contributed by atoms with Gasteiger partial charge >= 0.3 is 12.1 Å². The molecule has 200 valence electrons. The van der Waals surface area contributed by atoms with E-state index in [0.717, 1.165) is 23.3 Å². The van der Waals surface area contributed by atoms with Crippen molar-refractivity contribution < 1.29 is 41.7 Å². The summed E-state index contributed by atoms with van der Waals surface area (Å²) in [5.74, 6) is 0.383. The normalized spacial score (nSPS) is 14.9. The third kappa shape index (κ3) is 5.53. The molecule has 4 rings (SSSR count). The average Bonchev–Trinajstić information content (AvgIpc) is 2.94. The van der Waals surface area contributed by atoms with Crippen molar-refractivity contribution in [1.29, 1.82) is 0 Å². The van der Waals surface area contributed by atoms with Crippen LogP contribution in [-0.2, 0) is 17.3 Å². The summed E-state index contributed by atoms with van der Waals surface area (Å²) in [5, 5.41) is 0. The van der Waals surface area contributed by atoms with Crippen molar-refractivity contribution in [3.05, 3.63) is 88.5 Å². The largest absolute Gasteiger partial charge is 0.493 e. The number of benzene rings is 3. The van der Waals surface area contributed by atoms with Crippen LogP contribution in [0.5, 0.6) is 17.2 Å². The van der Waals surface area contributed by atoms with Gasteiger partial charge in [0, 0.05) is 12.1 Å². The molecular formula is C28H26F3NO6. The highest BCUT2D eigenvalue weighted by Gasteiger charge is 2.35. The highest BCUT2D eigenvalue weighted by molar-refractivity contribution is 5.95. The lowest BCUT2D eigenvalue weighted by Gasteiger charge is -2.37. The molecule has 1 atom stereocenters. The van der Waals surface area contributed by atoms with Gasteiger partial charge in [-0.3, -0.25) is 4.79 Å². The molecule has 0 N–H and O–H groups in total. The molecule has 0 aromatic heterocycles. The molecule has 0 aliphatic carbocycles. The molecule has 3 aromatic rings. The quantitative estimate of drug-likeness (QED) is 0.386. The summed E-state index contributed by atoms with van der Waals surface area (Å²) in [5.41, 5.74) is 1.02. The number of rotatable bonds is 7.